The summed E-state index contributed by atoms with van der Waals surface area (Å²) in [5.41, 5.74) is -0.750. The summed E-state index contributed by atoms with van der Waals surface area (Å²) in [4.78, 5) is 22.0. The van der Waals surface area contributed by atoms with Crippen molar-refractivity contribution in [3.8, 4) is 6.07 Å². The summed E-state index contributed by atoms with van der Waals surface area (Å²) < 4.78 is 38.0. The molecule has 0 aromatic heterocycles. The molecule has 10 heteroatoms. The summed E-state index contributed by atoms with van der Waals surface area (Å²) in [5.74, 6) is -0.357. The van der Waals surface area contributed by atoms with Crippen LogP contribution in [0.2, 0.25) is 0 Å². The van der Waals surface area contributed by atoms with E-state index in [-0.39, 0.29) is 31.1 Å². The van der Waals surface area contributed by atoms with E-state index < -0.39 is 22.4 Å². The molecule has 0 saturated heterocycles. The molecule has 0 saturated carbocycles. The summed E-state index contributed by atoms with van der Waals surface area (Å²) in [6.07, 6.45) is -4.73. The Morgan fingerprint density at radius 2 is 1.96 bits per heavy atom. The zero-order valence-corrected chi connectivity index (χ0v) is 14.4. The highest BCUT2D eigenvalue weighted by Crippen LogP contribution is 2.34. The fraction of sp³-hybridized carbons (Fsp3) is 0.222. The number of benzene rings is 2. The van der Waals surface area contributed by atoms with Crippen molar-refractivity contribution in [1.82, 2.24) is 5.32 Å². The summed E-state index contributed by atoms with van der Waals surface area (Å²) in [6.45, 7) is 0.199. The number of anilines is 1. The van der Waals surface area contributed by atoms with Gasteiger partial charge in [-0.3, -0.25) is 14.9 Å². The third-order valence-corrected chi connectivity index (χ3v) is 3.74. The van der Waals surface area contributed by atoms with Crippen LogP contribution in [-0.2, 0) is 17.5 Å². The smallest absolute Gasteiger partial charge is 0.379 e. The molecular formula is C18H15F3N4O3. The minimum absolute atomic E-state index is 0.00370. The van der Waals surface area contributed by atoms with Crippen LogP contribution >= 0.6 is 0 Å². The molecule has 28 heavy (non-hydrogen) atoms. The van der Waals surface area contributed by atoms with Crippen molar-refractivity contribution >= 4 is 17.3 Å². The van der Waals surface area contributed by atoms with Gasteiger partial charge in [0, 0.05) is 25.6 Å². The number of rotatable bonds is 7. The van der Waals surface area contributed by atoms with Crippen molar-refractivity contribution < 1.29 is 22.9 Å². The second kappa shape index (κ2) is 8.85. The van der Waals surface area contributed by atoms with Crippen LogP contribution < -0.4 is 10.6 Å². The Bertz CT molecular complexity index is 923. The number of nitriles is 1. The molecule has 0 aliphatic carbocycles. The van der Waals surface area contributed by atoms with Gasteiger partial charge in [-0.2, -0.15) is 18.4 Å². The van der Waals surface area contributed by atoms with Crippen LogP contribution in [0.3, 0.4) is 0 Å². The largest absolute Gasteiger partial charge is 0.416 e. The zero-order chi connectivity index (χ0) is 20.7. The van der Waals surface area contributed by atoms with Gasteiger partial charge in [0.25, 0.3) is 5.69 Å². The first-order valence-corrected chi connectivity index (χ1v) is 8.06. The van der Waals surface area contributed by atoms with E-state index in [1.807, 2.05) is 6.07 Å². The van der Waals surface area contributed by atoms with Crippen LogP contribution in [0.5, 0.6) is 0 Å². The van der Waals surface area contributed by atoms with Gasteiger partial charge in [-0.1, -0.05) is 12.1 Å². The van der Waals surface area contributed by atoms with Gasteiger partial charge in [0.15, 0.2) is 0 Å². The monoisotopic (exact) mass is 392 g/mol. The van der Waals surface area contributed by atoms with Gasteiger partial charge >= 0.3 is 6.18 Å². The van der Waals surface area contributed by atoms with Crippen molar-refractivity contribution in [2.75, 3.05) is 11.9 Å². The Balaban J connectivity index is 1.91. The maximum absolute atomic E-state index is 12.7. The molecule has 2 rings (SSSR count). The number of nitrogens with one attached hydrogen (secondary N) is 2. The van der Waals surface area contributed by atoms with E-state index in [0.717, 1.165) is 17.7 Å². The van der Waals surface area contributed by atoms with Gasteiger partial charge in [-0.05, 0) is 29.8 Å². The van der Waals surface area contributed by atoms with Crippen LogP contribution in [0.15, 0.2) is 42.5 Å². The molecule has 0 radical (unpaired) electrons. The van der Waals surface area contributed by atoms with Crippen LogP contribution in [-0.4, -0.2) is 17.4 Å². The lowest BCUT2D eigenvalue weighted by atomic mass is 10.1. The number of hydrogen-bond acceptors (Lipinski definition) is 5. The fourth-order valence-electron chi connectivity index (χ4n) is 2.36. The maximum atomic E-state index is 12.7. The Morgan fingerprint density at radius 1 is 1.21 bits per heavy atom. The average Bonchev–Trinajstić information content (AvgIpc) is 2.65. The second-order valence-corrected chi connectivity index (χ2v) is 5.75. The number of alkyl halides is 3. The Kier molecular flexibility index (Phi) is 6.55. The lowest BCUT2D eigenvalue weighted by molar-refractivity contribution is -0.384. The van der Waals surface area contributed by atoms with Gasteiger partial charge in [0.2, 0.25) is 5.91 Å². The highest BCUT2D eigenvalue weighted by molar-refractivity contribution is 5.76. The van der Waals surface area contributed by atoms with Crippen molar-refractivity contribution in [3.05, 3.63) is 69.3 Å². The lowest BCUT2D eigenvalue weighted by Gasteiger charge is -2.11. The minimum atomic E-state index is -4.69. The van der Waals surface area contributed by atoms with Crippen LogP contribution in [0, 0.1) is 21.4 Å². The van der Waals surface area contributed by atoms with Crippen molar-refractivity contribution in [2.24, 2.45) is 0 Å². The molecule has 0 aliphatic rings. The minimum Gasteiger partial charge on any atom is -0.379 e. The maximum Gasteiger partial charge on any atom is 0.416 e. The predicted octanol–water partition coefficient (Wildman–Crippen LogP) is 3.60. The highest BCUT2D eigenvalue weighted by atomic mass is 19.4. The second-order valence-electron chi connectivity index (χ2n) is 5.75. The van der Waals surface area contributed by atoms with E-state index in [0.29, 0.717) is 11.6 Å². The van der Waals surface area contributed by atoms with Crippen LogP contribution in [0.4, 0.5) is 24.5 Å². The Morgan fingerprint density at radius 3 is 2.61 bits per heavy atom. The Hall–Kier alpha value is -3.61. The number of nitrogens with zero attached hydrogens (tertiary/aromatic N) is 2. The number of hydrogen-bond donors (Lipinski definition) is 2. The SMILES string of the molecule is N#Cc1cccc(CNC(=O)CCNc2ccc(C(F)(F)F)cc2[N+](=O)[O-])c1. The molecule has 2 aromatic carbocycles. The summed E-state index contributed by atoms with van der Waals surface area (Å²) in [5, 5.41) is 25.1. The topological polar surface area (TPSA) is 108 Å². The fourth-order valence-corrected chi connectivity index (χ4v) is 2.36. The zero-order valence-electron chi connectivity index (χ0n) is 14.4. The van der Waals surface area contributed by atoms with E-state index in [4.69, 9.17) is 5.26 Å². The van der Waals surface area contributed by atoms with Gasteiger partial charge in [-0.15, -0.1) is 0 Å². The van der Waals surface area contributed by atoms with Gasteiger partial charge in [-0.25, -0.2) is 0 Å². The lowest BCUT2D eigenvalue weighted by Crippen LogP contribution is -2.25. The highest BCUT2D eigenvalue weighted by Gasteiger charge is 2.33. The van der Waals surface area contributed by atoms with Crippen LogP contribution in [0.25, 0.3) is 0 Å². The molecule has 1 amide bonds. The van der Waals surface area contributed by atoms with E-state index in [1.165, 1.54) is 0 Å². The van der Waals surface area contributed by atoms with Crippen molar-refractivity contribution in [1.29, 1.82) is 5.26 Å². The molecule has 2 N–H and O–H groups in total. The number of carbonyl (C=O) groups is 1. The van der Waals surface area contributed by atoms with E-state index >= 15 is 0 Å². The van der Waals surface area contributed by atoms with E-state index in [2.05, 4.69) is 10.6 Å². The van der Waals surface area contributed by atoms with Gasteiger partial charge < -0.3 is 10.6 Å². The number of nitro groups is 1. The summed E-state index contributed by atoms with van der Waals surface area (Å²) >= 11 is 0. The van der Waals surface area contributed by atoms with Crippen molar-refractivity contribution in [2.45, 2.75) is 19.1 Å². The van der Waals surface area contributed by atoms with E-state index in [1.54, 1.807) is 24.3 Å². The average molecular weight is 392 g/mol. The summed E-state index contributed by atoms with van der Waals surface area (Å²) in [7, 11) is 0. The molecule has 0 bridgehead atoms. The molecule has 0 spiro atoms. The third-order valence-electron chi connectivity index (χ3n) is 3.74. The normalized spacial score (nSPS) is 10.8. The predicted molar refractivity (Wildman–Crippen MR) is 94.2 cm³/mol. The molecular weight excluding hydrogens is 377 g/mol. The molecule has 0 unspecified atom stereocenters. The van der Waals surface area contributed by atoms with Crippen molar-refractivity contribution in [3.63, 3.8) is 0 Å². The molecule has 146 valence electrons. The number of halogens is 3. The van der Waals surface area contributed by atoms with E-state index in [9.17, 15) is 28.1 Å². The molecule has 0 aliphatic heterocycles. The van der Waals surface area contributed by atoms with Crippen LogP contribution in [0.1, 0.15) is 23.1 Å². The third kappa shape index (κ3) is 5.70. The molecule has 2 aromatic rings. The first-order chi connectivity index (χ1) is 13.2. The number of amides is 1. The molecule has 0 fully saturated rings. The first-order valence-electron chi connectivity index (χ1n) is 8.06. The molecule has 0 atom stereocenters. The van der Waals surface area contributed by atoms with Gasteiger partial charge in [0.1, 0.15) is 5.69 Å². The molecule has 7 nitrogen and oxygen atoms in total. The quantitative estimate of drug-likeness (QED) is 0.553. The standard InChI is InChI=1S/C18H15F3N4O3/c19-18(20,21)14-4-5-15(16(9-14)25(27)28)23-7-6-17(26)24-11-13-3-1-2-12(8-13)10-22/h1-5,8-9,23H,6-7,11H2,(H,24,26). The first kappa shape index (κ1) is 20.7. The number of nitro benzene ring substituents is 1. The van der Waals surface area contributed by atoms with Gasteiger partial charge in [0.05, 0.1) is 22.1 Å². The number of carbonyl (C=O) groups excluding carboxylic acids is 1. The Labute approximate surface area is 157 Å². The summed E-state index contributed by atoms with van der Waals surface area (Å²) in [6, 6.07) is 10.8. The molecule has 0 heterocycles.